The molecule has 0 saturated carbocycles. The van der Waals surface area contributed by atoms with E-state index in [0.717, 1.165) is 0 Å². The normalized spacial score (nSPS) is 11.1. The van der Waals surface area contributed by atoms with E-state index >= 15 is 0 Å². The molecule has 0 fully saturated rings. The summed E-state index contributed by atoms with van der Waals surface area (Å²) in [6.07, 6.45) is 6.21. The number of fused-ring (bicyclic) bond motifs is 1. The first kappa shape index (κ1) is 10.2. The molecule has 0 atom stereocenters. The average molecular weight is 199 g/mol. The molecule has 0 aliphatic rings. The van der Waals surface area contributed by atoms with Crippen molar-refractivity contribution in [3.05, 3.63) is 42.2 Å². The monoisotopic (exact) mass is 199 g/mol. The highest BCUT2D eigenvalue weighted by molar-refractivity contribution is 5.82. The van der Waals surface area contributed by atoms with E-state index in [0.29, 0.717) is 5.92 Å². The predicted octanol–water partition coefficient (Wildman–Crippen LogP) is 4.14. The van der Waals surface area contributed by atoms with Gasteiger partial charge in [0.1, 0.15) is 0 Å². The van der Waals surface area contributed by atoms with Crippen molar-refractivity contribution in [2.24, 2.45) is 0 Å². The highest BCUT2D eigenvalue weighted by Gasteiger charge is 2.06. The third-order valence-corrected chi connectivity index (χ3v) is 3.12. The second-order valence-corrected chi connectivity index (χ2v) is 4.00. The smallest absolute Gasteiger partial charge is 0.0346 e. The van der Waals surface area contributed by atoms with Gasteiger partial charge in [0.25, 0.3) is 0 Å². The van der Waals surface area contributed by atoms with E-state index in [9.17, 15) is 0 Å². The minimum atomic E-state index is 0.689. The lowest BCUT2D eigenvalue weighted by Gasteiger charge is -2.13. The lowest BCUT2D eigenvalue weighted by molar-refractivity contribution is 0.642. The van der Waals surface area contributed by atoms with Crippen LogP contribution in [0.2, 0.25) is 0 Å². The van der Waals surface area contributed by atoms with Crippen LogP contribution in [0.4, 0.5) is 0 Å². The third-order valence-electron chi connectivity index (χ3n) is 3.12. The van der Waals surface area contributed by atoms with Crippen LogP contribution in [0.3, 0.4) is 0 Å². The standard InChI is InChI=1S/C14H17N/c1-3-11(4-2)13-6-5-12-7-8-15-10-14(12)9-13/h5-11H,3-4H2,1-2H3. The minimum absolute atomic E-state index is 0.689. The van der Waals surface area contributed by atoms with Crippen LogP contribution in [0.5, 0.6) is 0 Å². The highest BCUT2D eigenvalue weighted by atomic mass is 14.6. The molecule has 1 aromatic heterocycles. The van der Waals surface area contributed by atoms with E-state index in [1.807, 2.05) is 12.4 Å². The van der Waals surface area contributed by atoms with E-state index < -0.39 is 0 Å². The Hall–Kier alpha value is -1.37. The Labute approximate surface area is 91.2 Å². The maximum absolute atomic E-state index is 4.16. The van der Waals surface area contributed by atoms with Gasteiger partial charge >= 0.3 is 0 Å². The number of hydrogen-bond acceptors (Lipinski definition) is 1. The van der Waals surface area contributed by atoms with Crippen molar-refractivity contribution < 1.29 is 0 Å². The third kappa shape index (κ3) is 2.01. The fourth-order valence-corrected chi connectivity index (χ4v) is 2.12. The van der Waals surface area contributed by atoms with Gasteiger partial charge in [-0.3, -0.25) is 4.98 Å². The molecule has 1 heterocycles. The Morgan fingerprint density at radius 1 is 1.07 bits per heavy atom. The molecule has 0 radical (unpaired) electrons. The van der Waals surface area contributed by atoms with Gasteiger partial charge in [0.2, 0.25) is 0 Å². The molecule has 0 bridgehead atoms. The molecule has 0 aliphatic carbocycles. The number of benzene rings is 1. The molecule has 0 amide bonds. The molecular formula is C14H17N. The van der Waals surface area contributed by atoms with Gasteiger partial charge in [-0.25, -0.2) is 0 Å². The van der Waals surface area contributed by atoms with Crippen LogP contribution in [0.1, 0.15) is 38.2 Å². The molecule has 0 spiro atoms. The molecule has 1 nitrogen and oxygen atoms in total. The number of rotatable bonds is 3. The molecule has 0 aliphatic heterocycles. The maximum atomic E-state index is 4.16. The van der Waals surface area contributed by atoms with E-state index in [1.54, 1.807) is 0 Å². The summed E-state index contributed by atoms with van der Waals surface area (Å²) in [7, 11) is 0. The first-order chi connectivity index (χ1) is 7.35. The molecule has 1 heteroatoms. The summed E-state index contributed by atoms with van der Waals surface area (Å²) >= 11 is 0. The topological polar surface area (TPSA) is 12.9 Å². The van der Waals surface area contributed by atoms with Crippen LogP contribution in [-0.2, 0) is 0 Å². The Kier molecular flexibility index (Phi) is 3.00. The van der Waals surface area contributed by atoms with Crippen molar-refractivity contribution in [2.75, 3.05) is 0 Å². The van der Waals surface area contributed by atoms with Gasteiger partial charge in [0, 0.05) is 17.8 Å². The fraction of sp³-hybridized carbons (Fsp3) is 0.357. The van der Waals surface area contributed by atoms with Crippen LogP contribution < -0.4 is 0 Å². The van der Waals surface area contributed by atoms with Crippen LogP contribution in [-0.4, -0.2) is 4.98 Å². The summed E-state index contributed by atoms with van der Waals surface area (Å²) in [5.41, 5.74) is 1.44. The van der Waals surface area contributed by atoms with E-state index in [1.165, 1.54) is 29.2 Å². The van der Waals surface area contributed by atoms with E-state index in [-0.39, 0.29) is 0 Å². The predicted molar refractivity (Wildman–Crippen MR) is 65.1 cm³/mol. The van der Waals surface area contributed by atoms with Crippen molar-refractivity contribution >= 4 is 10.8 Å². The summed E-state index contributed by atoms with van der Waals surface area (Å²) in [5.74, 6) is 0.689. The molecule has 0 saturated heterocycles. The number of nitrogens with zero attached hydrogens (tertiary/aromatic N) is 1. The van der Waals surface area contributed by atoms with Gasteiger partial charge in [0.05, 0.1) is 0 Å². The van der Waals surface area contributed by atoms with Gasteiger partial charge in [-0.1, -0.05) is 26.0 Å². The summed E-state index contributed by atoms with van der Waals surface area (Å²) in [4.78, 5) is 4.16. The first-order valence-electron chi connectivity index (χ1n) is 5.68. The highest BCUT2D eigenvalue weighted by Crippen LogP contribution is 2.25. The summed E-state index contributed by atoms with van der Waals surface area (Å²) in [5, 5.41) is 2.53. The largest absolute Gasteiger partial charge is 0.264 e. The van der Waals surface area contributed by atoms with Crippen LogP contribution in [0, 0.1) is 0 Å². The van der Waals surface area contributed by atoms with Crippen molar-refractivity contribution in [1.82, 2.24) is 4.98 Å². The summed E-state index contributed by atoms with van der Waals surface area (Å²) < 4.78 is 0. The minimum Gasteiger partial charge on any atom is -0.264 e. The lowest BCUT2D eigenvalue weighted by atomic mass is 9.93. The molecule has 15 heavy (non-hydrogen) atoms. The fourth-order valence-electron chi connectivity index (χ4n) is 2.12. The SMILES string of the molecule is CCC(CC)c1ccc2ccncc2c1. The van der Waals surface area contributed by atoms with Crippen molar-refractivity contribution in [2.45, 2.75) is 32.6 Å². The number of pyridine rings is 1. The van der Waals surface area contributed by atoms with Gasteiger partial charge in [0.15, 0.2) is 0 Å². The summed E-state index contributed by atoms with van der Waals surface area (Å²) in [6.45, 7) is 4.50. The zero-order valence-electron chi connectivity index (χ0n) is 9.40. The second-order valence-electron chi connectivity index (χ2n) is 4.00. The zero-order valence-corrected chi connectivity index (χ0v) is 9.40. The van der Waals surface area contributed by atoms with Crippen molar-refractivity contribution in [1.29, 1.82) is 0 Å². The number of hydrogen-bond donors (Lipinski definition) is 0. The molecule has 0 N–H and O–H groups in total. The van der Waals surface area contributed by atoms with Gasteiger partial charge in [-0.15, -0.1) is 0 Å². The Balaban J connectivity index is 2.46. The lowest BCUT2D eigenvalue weighted by Crippen LogP contribution is -1.94. The van der Waals surface area contributed by atoms with Gasteiger partial charge in [-0.05, 0) is 41.8 Å². The maximum Gasteiger partial charge on any atom is 0.0346 e. The van der Waals surface area contributed by atoms with Crippen molar-refractivity contribution in [3.8, 4) is 0 Å². The zero-order chi connectivity index (χ0) is 10.7. The summed E-state index contributed by atoms with van der Waals surface area (Å²) in [6, 6.07) is 8.79. The molecule has 1 aromatic carbocycles. The molecular weight excluding hydrogens is 182 g/mol. The quantitative estimate of drug-likeness (QED) is 0.724. The van der Waals surface area contributed by atoms with Crippen LogP contribution in [0.25, 0.3) is 10.8 Å². The van der Waals surface area contributed by atoms with Gasteiger partial charge in [-0.2, -0.15) is 0 Å². The second kappa shape index (κ2) is 4.43. The molecule has 78 valence electrons. The Morgan fingerprint density at radius 3 is 2.60 bits per heavy atom. The van der Waals surface area contributed by atoms with E-state index in [4.69, 9.17) is 0 Å². The first-order valence-corrected chi connectivity index (χ1v) is 5.68. The van der Waals surface area contributed by atoms with Crippen LogP contribution in [0.15, 0.2) is 36.7 Å². The Morgan fingerprint density at radius 2 is 1.87 bits per heavy atom. The van der Waals surface area contributed by atoms with Crippen molar-refractivity contribution in [3.63, 3.8) is 0 Å². The molecule has 2 rings (SSSR count). The molecule has 0 unspecified atom stereocenters. The van der Waals surface area contributed by atoms with E-state index in [2.05, 4.69) is 43.1 Å². The number of aromatic nitrogens is 1. The van der Waals surface area contributed by atoms with Gasteiger partial charge < -0.3 is 0 Å². The molecule has 2 aromatic rings. The average Bonchev–Trinajstić information content (AvgIpc) is 2.30. The van der Waals surface area contributed by atoms with Crippen LogP contribution >= 0.6 is 0 Å². The Bertz CT molecular complexity index is 444.